The number of hydrogen-bond acceptors (Lipinski definition) is 3. The normalized spacial score (nSPS) is 9.62. The average molecular weight is 195 g/mol. The summed E-state index contributed by atoms with van der Waals surface area (Å²) in [4.78, 5) is 15.3. The van der Waals surface area contributed by atoms with Gasteiger partial charge in [0.1, 0.15) is 5.69 Å². The molecule has 0 aliphatic rings. The van der Waals surface area contributed by atoms with E-state index in [4.69, 9.17) is 5.11 Å². The van der Waals surface area contributed by atoms with Crippen molar-refractivity contribution in [3.05, 3.63) is 30.1 Å². The Balaban J connectivity index is 3.20. The molecule has 0 amide bonds. The second kappa shape index (κ2) is 4.09. The maximum absolute atomic E-state index is 10.6. The van der Waals surface area contributed by atoms with Crippen LogP contribution in [-0.4, -0.2) is 22.3 Å². The molecule has 0 saturated carbocycles. The molecule has 0 aliphatic heterocycles. The topological polar surface area (TPSA) is 50.2 Å². The Morgan fingerprint density at radius 2 is 2.46 bits per heavy atom. The quantitative estimate of drug-likeness (QED) is 0.751. The van der Waals surface area contributed by atoms with Crippen molar-refractivity contribution in [1.29, 1.82) is 0 Å². The molecule has 0 aliphatic carbocycles. The van der Waals surface area contributed by atoms with Gasteiger partial charge in [-0.25, -0.2) is 9.78 Å². The van der Waals surface area contributed by atoms with Gasteiger partial charge in [-0.2, -0.15) is 0 Å². The molecule has 13 heavy (non-hydrogen) atoms. The molecule has 0 atom stereocenters. The summed E-state index contributed by atoms with van der Waals surface area (Å²) in [6.45, 7) is 3.61. The Morgan fingerprint density at radius 3 is 2.92 bits per heavy atom. The molecular formula is C9H9NO2S. The minimum atomic E-state index is -1.02. The fourth-order valence-electron chi connectivity index (χ4n) is 0.905. The maximum Gasteiger partial charge on any atom is 0.354 e. The van der Waals surface area contributed by atoms with Gasteiger partial charge in [0.05, 0.1) is 0 Å². The van der Waals surface area contributed by atoms with Crippen LogP contribution in [0.15, 0.2) is 23.7 Å². The highest BCUT2D eigenvalue weighted by Gasteiger charge is 2.06. The van der Waals surface area contributed by atoms with Gasteiger partial charge in [0.15, 0.2) is 0 Å². The standard InChI is InChI=1S/C9H9NO2S/c1-3-6-4-7(9(11)12)10-5-8(6)13-2/h3-5H,1H2,2H3,(H,11,12). The Labute approximate surface area is 80.5 Å². The van der Waals surface area contributed by atoms with Gasteiger partial charge < -0.3 is 5.11 Å². The predicted octanol–water partition coefficient (Wildman–Crippen LogP) is 2.14. The number of carbonyl (C=O) groups is 1. The van der Waals surface area contributed by atoms with E-state index in [1.54, 1.807) is 12.3 Å². The third kappa shape index (κ3) is 2.09. The molecule has 1 N–H and O–H groups in total. The van der Waals surface area contributed by atoms with Crippen molar-refractivity contribution >= 4 is 23.8 Å². The van der Waals surface area contributed by atoms with Gasteiger partial charge in [0, 0.05) is 11.1 Å². The second-order valence-corrected chi connectivity index (χ2v) is 3.17. The number of pyridine rings is 1. The average Bonchev–Trinajstić information content (AvgIpc) is 2.16. The van der Waals surface area contributed by atoms with Crippen LogP contribution in [0.5, 0.6) is 0 Å². The Bertz CT molecular complexity index is 349. The summed E-state index contributed by atoms with van der Waals surface area (Å²) >= 11 is 1.51. The number of hydrogen-bond donors (Lipinski definition) is 1. The van der Waals surface area contributed by atoms with Crippen LogP contribution in [0.25, 0.3) is 6.08 Å². The molecule has 0 spiro atoms. The van der Waals surface area contributed by atoms with Crippen molar-refractivity contribution in [1.82, 2.24) is 4.98 Å². The molecule has 0 unspecified atom stereocenters. The van der Waals surface area contributed by atoms with Crippen molar-refractivity contribution in [2.45, 2.75) is 4.90 Å². The molecule has 0 aromatic carbocycles. The molecule has 0 bridgehead atoms. The van der Waals surface area contributed by atoms with Crippen LogP contribution >= 0.6 is 11.8 Å². The van der Waals surface area contributed by atoms with E-state index in [0.29, 0.717) is 0 Å². The van der Waals surface area contributed by atoms with E-state index in [-0.39, 0.29) is 5.69 Å². The monoisotopic (exact) mass is 195 g/mol. The lowest BCUT2D eigenvalue weighted by Gasteiger charge is -2.02. The lowest BCUT2D eigenvalue weighted by atomic mass is 10.2. The van der Waals surface area contributed by atoms with Crippen LogP contribution in [-0.2, 0) is 0 Å². The van der Waals surface area contributed by atoms with Crippen LogP contribution in [0.3, 0.4) is 0 Å². The van der Waals surface area contributed by atoms with E-state index in [1.165, 1.54) is 17.8 Å². The highest BCUT2D eigenvalue weighted by molar-refractivity contribution is 7.98. The summed E-state index contributed by atoms with van der Waals surface area (Å²) in [6.07, 6.45) is 5.08. The van der Waals surface area contributed by atoms with Crippen LogP contribution in [0.1, 0.15) is 16.1 Å². The number of nitrogens with zero attached hydrogens (tertiary/aromatic N) is 1. The molecule has 0 radical (unpaired) electrons. The summed E-state index contributed by atoms with van der Waals surface area (Å²) in [5.74, 6) is -1.02. The van der Waals surface area contributed by atoms with Crippen LogP contribution in [0.2, 0.25) is 0 Å². The molecule has 1 aromatic heterocycles. The number of thioether (sulfide) groups is 1. The lowest BCUT2D eigenvalue weighted by molar-refractivity contribution is 0.0690. The third-order valence-electron chi connectivity index (χ3n) is 1.56. The van der Waals surface area contributed by atoms with Crippen LogP contribution < -0.4 is 0 Å². The molecule has 1 rings (SSSR count). The molecule has 4 heteroatoms. The summed E-state index contributed by atoms with van der Waals surface area (Å²) < 4.78 is 0. The second-order valence-electron chi connectivity index (χ2n) is 2.32. The molecule has 0 saturated heterocycles. The maximum atomic E-state index is 10.6. The molecule has 1 heterocycles. The minimum Gasteiger partial charge on any atom is -0.477 e. The fraction of sp³-hybridized carbons (Fsp3) is 0.111. The van der Waals surface area contributed by atoms with Crippen molar-refractivity contribution in [3.8, 4) is 0 Å². The third-order valence-corrected chi connectivity index (χ3v) is 2.34. The fourth-order valence-corrected chi connectivity index (χ4v) is 1.44. The molecular weight excluding hydrogens is 186 g/mol. The summed E-state index contributed by atoms with van der Waals surface area (Å²) in [7, 11) is 0. The van der Waals surface area contributed by atoms with Crippen molar-refractivity contribution in [2.24, 2.45) is 0 Å². The van der Waals surface area contributed by atoms with Crippen LogP contribution in [0.4, 0.5) is 0 Å². The first-order chi connectivity index (χ1) is 6.19. The van der Waals surface area contributed by atoms with E-state index in [1.807, 2.05) is 6.26 Å². The largest absolute Gasteiger partial charge is 0.477 e. The SMILES string of the molecule is C=Cc1cc(C(=O)O)ncc1SC. The zero-order valence-corrected chi connectivity index (χ0v) is 7.97. The smallest absolute Gasteiger partial charge is 0.354 e. The first-order valence-electron chi connectivity index (χ1n) is 3.58. The highest BCUT2D eigenvalue weighted by Crippen LogP contribution is 2.20. The predicted molar refractivity (Wildman–Crippen MR) is 53.1 cm³/mol. The number of carboxylic acids is 1. The van der Waals surface area contributed by atoms with E-state index in [2.05, 4.69) is 11.6 Å². The van der Waals surface area contributed by atoms with Gasteiger partial charge in [-0.15, -0.1) is 11.8 Å². The molecule has 3 nitrogen and oxygen atoms in total. The number of aromatic nitrogens is 1. The number of carboxylic acid groups (broad SMARTS) is 1. The van der Waals surface area contributed by atoms with E-state index in [9.17, 15) is 4.79 Å². The van der Waals surface area contributed by atoms with Gasteiger partial charge >= 0.3 is 5.97 Å². The minimum absolute atomic E-state index is 0.0488. The van der Waals surface area contributed by atoms with Crippen LogP contribution in [0, 0.1) is 0 Å². The Morgan fingerprint density at radius 1 is 1.77 bits per heavy atom. The van der Waals surface area contributed by atoms with Gasteiger partial charge in [0.25, 0.3) is 0 Å². The molecule has 0 fully saturated rings. The van der Waals surface area contributed by atoms with Gasteiger partial charge in [0.2, 0.25) is 0 Å². The number of rotatable bonds is 3. The van der Waals surface area contributed by atoms with E-state index >= 15 is 0 Å². The Kier molecular flexibility index (Phi) is 3.08. The Hall–Kier alpha value is -1.29. The zero-order valence-electron chi connectivity index (χ0n) is 7.15. The lowest BCUT2D eigenvalue weighted by Crippen LogP contribution is -2.00. The number of aromatic carboxylic acids is 1. The first kappa shape index (κ1) is 9.80. The van der Waals surface area contributed by atoms with Gasteiger partial charge in [-0.3, -0.25) is 0 Å². The van der Waals surface area contributed by atoms with Crippen molar-refractivity contribution < 1.29 is 9.90 Å². The molecule has 68 valence electrons. The van der Waals surface area contributed by atoms with E-state index in [0.717, 1.165) is 10.5 Å². The van der Waals surface area contributed by atoms with Gasteiger partial charge in [-0.05, 0) is 17.9 Å². The summed E-state index contributed by atoms with van der Waals surface area (Å²) in [5, 5.41) is 8.66. The highest BCUT2D eigenvalue weighted by atomic mass is 32.2. The first-order valence-corrected chi connectivity index (χ1v) is 4.81. The van der Waals surface area contributed by atoms with Crippen molar-refractivity contribution in [3.63, 3.8) is 0 Å². The summed E-state index contributed by atoms with van der Waals surface area (Å²) in [5.41, 5.74) is 0.854. The van der Waals surface area contributed by atoms with E-state index < -0.39 is 5.97 Å². The van der Waals surface area contributed by atoms with Gasteiger partial charge in [-0.1, -0.05) is 12.7 Å². The molecule has 1 aromatic rings. The zero-order chi connectivity index (χ0) is 9.84. The summed E-state index contributed by atoms with van der Waals surface area (Å²) in [6, 6.07) is 1.52. The van der Waals surface area contributed by atoms with Crippen molar-refractivity contribution in [2.75, 3.05) is 6.26 Å².